The number of amides is 2. The quantitative estimate of drug-likeness (QED) is 0.617. The van der Waals surface area contributed by atoms with E-state index in [0.717, 1.165) is 62.7 Å². The van der Waals surface area contributed by atoms with Crippen molar-refractivity contribution < 1.29 is 9.59 Å². The molecule has 0 spiro atoms. The standard InChI is InChI=1S/C24H37NO2/c26-22(20-7-3-1-4-8-20)25(23(27)21-9-5-2-6-10-21)24-14-17-11-18(15-24)13-19(12-17)16-24/h17-21H,1-16H2. The zero-order valence-corrected chi connectivity index (χ0v) is 17.0. The average Bonchev–Trinajstić information content (AvgIpc) is 2.68. The zero-order valence-electron chi connectivity index (χ0n) is 17.0. The third kappa shape index (κ3) is 3.27. The molecule has 6 fully saturated rings. The molecule has 0 N–H and O–H groups in total. The Hall–Kier alpha value is -0.860. The first kappa shape index (κ1) is 18.2. The number of rotatable bonds is 3. The molecule has 6 rings (SSSR count). The van der Waals surface area contributed by atoms with Crippen molar-refractivity contribution in [3.8, 4) is 0 Å². The van der Waals surface area contributed by atoms with Crippen LogP contribution in [0.2, 0.25) is 0 Å². The van der Waals surface area contributed by atoms with Gasteiger partial charge in [-0.05, 0) is 82.0 Å². The van der Waals surface area contributed by atoms with Crippen LogP contribution >= 0.6 is 0 Å². The van der Waals surface area contributed by atoms with Gasteiger partial charge in [0, 0.05) is 11.8 Å². The fourth-order valence-electron chi connectivity index (χ4n) is 7.98. The molecule has 0 aromatic rings. The van der Waals surface area contributed by atoms with E-state index in [1.165, 1.54) is 57.8 Å². The van der Waals surface area contributed by atoms with Gasteiger partial charge in [0.1, 0.15) is 0 Å². The first-order valence-corrected chi connectivity index (χ1v) is 12.0. The Kier molecular flexibility index (Phi) is 4.84. The zero-order chi connectivity index (χ0) is 18.4. The van der Waals surface area contributed by atoms with Gasteiger partial charge in [-0.1, -0.05) is 38.5 Å². The predicted molar refractivity (Wildman–Crippen MR) is 106 cm³/mol. The van der Waals surface area contributed by atoms with Crippen LogP contribution in [0.4, 0.5) is 0 Å². The van der Waals surface area contributed by atoms with Gasteiger partial charge in [0.2, 0.25) is 11.8 Å². The lowest BCUT2D eigenvalue weighted by Gasteiger charge is -2.60. The van der Waals surface area contributed by atoms with Crippen molar-refractivity contribution in [3.63, 3.8) is 0 Å². The fourth-order valence-corrected chi connectivity index (χ4v) is 7.98. The minimum Gasteiger partial charge on any atom is -0.276 e. The lowest BCUT2D eigenvalue weighted by molar-refractivity contribution is -0.171. The van der Waals surface area contributed by atoms with Crippen LogP contribution < -0.4 is 0 Å². The summed E-state index contributed by atoms with van der Waals surface area (Å²) in [6.45, 7) is 0. The largest absolute Gasteiger partial charge is 0.276 e. The molecule has 0 unspecified atom stereocenters. The molecule has 6 aliphatic carbocycles. The van der Waals surface area contributed by atoms with Crippen LogP contribution in [-0.4, -0.2) is 22.3 Å². The maximum absolute atomic E-state index is 13.8. The smallest absolute Gasteiger partial charge is 0.232 e. The Morgan fingerprint density at radius 1 is 0.593 bits per heavy atom. The van der Waals surface area contributed by atoms with Gasteiger partial charge >= 0.3 is 0 Å². The Morgan fingerprint density at radius 2 is 0.963 bits per heavy atom. The van der Waals surface area contributed by atoms with Crippen LogP contribution in [-0.2, 0) is 9.59 Å². The van der Waals surface area contributed by atoms with Crippen LogP contribution in [0.25, 0.3) is 0 Å². The van der Waals surface area contributed by atoms with E-state index in [4.69, 9.17) is 0 Å². The summed E-state index contributed by atoms with van der Waals surface area (Å²) in [7, 11) is 0. The van der Waals surface area contributed by atoms with E-state index in [1.807, 2.05) is 4.90 Å². The van der Waals surface area contributed by atoms with Crippen LogP contribution in [0.15, 0.2) is 0 Å². The molecule has 0 heterocycles. The van der Waals surface area contributed by atoms with Crippen LogP contribution in [0.3, 0.4) is 0 Å². The van der Waals surface area contributed by atoms with Gasteiger partial charge in [-0.15, -0.1) is 0 Å². The van der Waals surface area contributed by atoms with Crippen molar-refractivity contribution in [2.24, 2.45) is 29.6 Å². The van der Waals surface area contributed by atoms with Crippen molar-refractivity contribution in [2.75, 3.05) is 0 Å². The van der Waals surface area contributed by atoms with Gasteiger partial charge in [-0.3, -0.25) is 14.5 Å². The van der Waals surface area contributed by atoms with Gasteiger partial charge < -0.3 is 0 Å². The number of carbonyl (C=O) groups is 2. The second-order valence-corrected chi connectivity index (χ2v) is 10.8. The second kappa shape index (κ2) is 7.19. The molecule has 6 saturated carbocycles. The normalized spacial score (nSPS) is 39.5. The topological polar surface area (TPSA) is 37.4 Å². The van der Waals surface area contributed by atoms with E-state index >= 15 is 0 Å². The monoisotopic (exact) mass is 371 g/mol. The summed E-state index contributed by atoms with van der Waals surface area (Å²) >= 11 is 0. The predicted octanol–water partition coefficient (Wildman–Crippen LogP) is 5.47. The summed E-state index contributed by atoms with van der Waals surface area (Å²) in [6, 6.07) is 0. The maximum atomic E-state index is 13.8. The molecule has 0 aromatic carbocycles. The summed E-state index contributed by atoms with van der Waals surface area (Å²) in [5, 5.41) is 0. The molecule has 27 heavy (non-hydrogen) atoms. The maximum Gasteiger partial charge on any atom is 0.232 e. The summed E-state index contributed by atoms with van der Waals surface area (Å²) in [6.07, 6.45) is 18.7. The average molecular weight is 372 g/mol. The van der Waals surface area contributed by atoms with E-state index in [9.17, 15) is 9.59 Å². The molecule has 0 aromatic heterocycles. The third-order valence-corrected chi connectivity index (χ3v) is 8.83. The highest BCUT2D eigenvalue weighted by molar-refractivity contribution is 5.98. The Balaban J connectivity index is 1.46. The lowest BCUT2D eigenvalue weighted by Crippen LogP contribution is -2.65. The van der Waals surface area contributed by atoms with Gasteiger partial charge in [0.25, 0.3) is 0 Å². The van der Waals surface area contributed by atoms with Gasteiger partial charge in [0.15, 0.2) is 0 Å². The Morgan fingerprint density at radius 3 is 1.33 bits per heavy atom. The third-order valence-electron chi connectivity index (χ3n) is 8.83. The summed E-state index contributed by atoms with van der Waals surface area (Å²) in [4.78, 5) is 29.6. The number of hydrogen-bond donors (Lipinski definition) is 0. The van der Waals surface area contributed by atoms with E-state index < -0.39 is 0 Å². The van der Waals surface area contributed by atoms with Crippen molar-refractivity contribution >= 4 is 11.8 Å². The van der Waals surface area contributed by atoms with Crippen molar-refractivity contribution in [1.82, 2.24) is 4.90 Å². The van der Waals surface area contributed by atoms with Gasteiger partial charge in [-0.25, -0.2) is 0 Å². The highest BCUT2D eigenvalue weighted by atomic mass is 16.2. The molecular weight excluding hydrogens is 334 g/mol. The van der Waals surface area contributed by atoms with E-state index in [2.05, 4.69) is 0 Å². The van der Waals surface area contributed by atoms with Gasteiger partial charge in [-0.2, -0.15) is 0 Å². The van der Waals surface area contributed by atoms with E-state index in [-0.39, 0.29) is 29.2 Å². The number of nitrogens with zero attached hydrogens (tertiary/aromatic N) is 1. The van der Waals surface area contributed by atoms with E-state index in [1.54, 1.807) is 0 Å². The van der Waals surface area contributed by atoms with Crippen molar-refractivity contribution in [2.45, 2.75) is 108 Å². The van der Waals surface area contributed by atoms with Crippen LogP contribution in [0.1, 0.15) is 103 Å². The molecule has 0 saturated heterocycles. The Bertz CT molecular complexity index is 520. The summed E-state index contributed by atoms with van der Waals surface area (Å²) < 4.78 is 0. The molecule has 4 bridgehead atoms. The highest BCUT2D eigenvalue weighted by Gasteiger charge is 2.57. The molecule has 3 heteroatoms. The lowest BCUT2D eigenvalue weighted by atomic mass is 9.52. The highest BCUT2D eigenvalue weighted by Crippen LogP contribution is 2.58. The molecule has 2 amide bonds. The van der Waals surface area contributed by atoms with E-state index in [0.29, 0.717) is 0 Å². The summed E-state index contributed by atoms with van der Waals surface area (Å²) in [5.74, 6) is 3.06. The first-order chi connectivity index (χ1) is 13.1. The molecule has 6 aliphatic rings. The SMILES string of the molecule is O=C(C1CCCCC1)N(C(=O)C1CCCCC1)C12CC3CC(CC(C3)C1)C2. The first-order valence-electron chi connectivity index (χ1n) is 12.0. The Labute approximate surface area is 164 Å². The minimum absolute atomic E-state index is 0.0994. The van der Waals surface area contributed by atoms with Crippen LogP contribution in [0.5, 0.6) is 0 Å². The fraction of sp³-hybridized carbons (Fsp3) is 0.917. The molecule has 0 radical (unpaired) electrons. The van der Waals surface area contributed by atoms with Crippen molar-refractivity contribution in [3.05, 3.63) is 0 Å². The number of hydrogen-bond acceptors (Lipinski definition) is 2. The minimum atomic E-state index is -0.0994. The molecule has 150 valence electrons. The second-order valence-electron chi connectivity index (χ2n) is 10.8. The molecular formula is C24H37NO2. The molecule has 3 nitrogen and oxygen atoms in total. The van der Waals surface area contributed by atoms with Gasteiger partial charge in [0.05, 0.1) is 5.54 Å². The molecule has 0 aliphatic heterocycles. The number of carbonyl (C=O) groups excluding carboxylic acids is 2. The van der Waals surface area contributed by atoms with Crippen molar-refractivity contribution in [1.29, 1.82) is 0 Å². The number of imide groups is 1. The van der Waals surface area contributed by atoms with Crippen LogP contribution in [0, 0.1) is 29.6 Å². The molecule has 0 atom stereocenters. The summed E-state index contributed by atoms with van der Waals surface area (Å²) in [5.41, 5.74) is -0.0994.